The van der Waals surface area contributed by atoms with Crippen molar-refractivity contribution in [2.75, 3.05) is 18.5 Å². The second-order valence-corrected chi connectivity index (χ2v) is 6.61. The molecule has 0 fully saturated rings. The molecule has 0 radical (unpaired) electrons. The fourth-order valence-corrected chi connectivity index (χ4v) is 2.69. The average molecular weight is 344 g/mol. The van der Waals surface area contributed by atoms with Gasteiger partial charge >= 0.3 is 0 Å². The second-order valence-electron chi connectivity index (χ2n) is 6.61. The van der Waals surface area contributed by atoms with Crippen LogP contribution in [0.1, 0.15) is 30.8 Å². The molecule has 0 unspecified atom stereocenters. The summed E-state index contributed by atoms with van der Waals surface area (Å²) in [6.07, 6.45) is 0.321. The lowest BCUT2D eigenvalue weighted by molar-refractivity contribution is -0.115. The molecule has 25 heavy (non-hydrogen) atoms. The topological polar surface area (TPSA) is 82.2 Å². The third-order valence-corrected chi connectivity index (χ3v) is 3.93. The molecule has 3 N–H and O–H groups in total. The van der Waals surface area contributed by atoms with Crippen LogP contribution in [0.3, 0.4) is 0 Å². The van der Waals surface area contributed by atoms with Crippen LogP contribution in [0.15, 0.2) is 24.3 Å². The van der Waals surface area contributed by atoms with Crippen LogP contribution in [0.5, 0.6) is 5.75 Å². The molecule has 0 aliphatic heterocycles. The number of ether oxygens (including phenoxy) is 1. The number of hydrogen-bond acceptors (Lipinski definition) is 4. The molecule has 1 heterocycles. The summed E-state index contributed by atoms with van der Waals surface area (Å²) in [6.45, 7) is 10.1. The zero-order chi connectivity index (χ0) is 18.4. The Morgan fingerprint density at radius 3 is 2.56 bits per heavy atom. The van der Waals surface area contributed by atoms with E-state index in [1.54, 1.807) is 0 Å². The van der Waals surface area contributed by atoms with Gasteiger partial charge in [-0.15, -0.1) is 0 Å². The fourth-order valence-electron chi connectivity index (χ4n) is 2.69. The summed E-state index contributed by atoms with van der Waals surface area (Å²) in [4.78, 5) is 12.4. The molecule has 6 heteroatoms. The van der Waals surface area contributed by atoms with Crippen LogP contribution in [-0.4, -0.2) is 28.8 Å². The second kappa shape index (κ2) is 8.67. The number of nitrogens with two attached hydrogens (primary N) is 1. The summed E-state index contributed by atoms with van der Waals surface area (Å²) in [5, 5.41) is 7.48. The van der Waals surface area contributed by atoms with E-state index in [4.69, 9.17) is 10.5 Å². The van der Waals surface area contributed by atoms with Gasteiger partial charge in [0.15, 0.2) is 0 Å². The minimum atomic E-state index is -0.0501. The maximum absolute atomic E-state index is 12.4. The third-order valence-electron chi connectivity index (χ3n) is 3.93. The molecule has 0 atom stereocenters. The first kappa shape index (κ1) is 19.0. The molecule has 2 rings (SSSR count). The Labute approximate surface area is 149 Å². The van der Waals surface area contributed by atoms with E-state index in [2.05, 4.69) is 24.3 Å². The Morgan fingerprint density at radius 2 is 1.96 bits per heavy atom. The molecule has 0 saturated carbocycles. The number of aryl methyl sites for hydroxylation is 1. The van der Waals surface area contributed by atoms with E-state index >= 15 is 0 Å². The minimum Gasteiger partial charge on any atom is -0.492 e. The number of carbonyl (C=O) groups excluding carboxylic acids is 1. The van der Waals surface area contributed by atoms with Crippen LogP contribution in [0.4, 0.5) is 5.69 Å². The van der Waals surface area contributed by atoms with Crippen LogP contribution in [0, 0.1) is 19.8 Å². The van der Waals surface area contributed by atoms with Gasteiger partial charge in [-0.1, -0.05) is 13.8 Å². The van der Waals surface area contributed by atoms with Gasteiger partial charge in [-0.25, -0.2) is 0 Å². The highest BCUT2D eigenvalue weighted by Crippen LogP contribution is 2.18. The molecule has 0 spiro atoms. The molecule has 1 aromatic carbocycles. The molecule has 1 aromatic heterocycles. The summed E-state index contributed by atoms with van der Waals surface area (Å²) >= 11 is 0. The Morgan fingerprint density at radius 1 is 1.28 bits per heavy atom. The van der Waals surface area contributed by atoms with Crippen molar-refractivity contribution in [3.05, 3.63) is 41.2 Å². The molecular weight excluding hydrogens is 316 g/mol. The van der Waals surface area contributed by atoms with Crippen molar-refractivity contribution < 1.29 is 9.53 Å². The quantitative estimate of drug-likeness (QED) is 0.771. The third kappa shape index (κ3) is 5.32. The number of hydrogen-bond donors (Lipinski definition) is 2. The lowest BCUT2D eigenvalue weighted by Crippen LogP contribution is -2.15. The monoisotopic (exact) mass is 344 g/mol. The summed E-state index contributed by atoms with van der Waals surface area (Å²) in [6, 6.07) is 7.29. The Balaban J connectivity index is 1.99. The van der Waals surface area contributed by atoms with Gasteiger partial charge in [-0.2, -0.15) is 5.10 Å². The van der Waals surface area contributed by atoms with E-state index in [1.165, 1.54) is 0 Å². The van der Waals surface area contributed by atoms with E-state index in [9.17, 15) is 4.79 Å². The predicted molar refractivity (Wildman–Crippen MR) is 99.9 cm³/mol. The molecule has 0 aliphatic rings. The van der Waals surface area contributed by atoms with Crippen LogP contribution < -0.4 is 15.8 Å². The SMILES string of the molecule is Cc1nn(CC(C)C)c(C)c1CC(=O)Nc1ccc(OCCN)cc1. The number of amides is 1. The molecule has 2 aromatic rings. The van der Waals surface area contributed by atoms with Gasteiger partial charge in [0.2, 0.25) is 5.91 Å². The molecule has 6 nitrogen and oxygen atoms in total. The van der Waals surface area contributed by atoms with Gasteiger partial charge in [0.05, 0.1) is 12.1 Å². The van der Waals surface area contributed by atoms with Gasteiger partial charge in [0, 0.05) is 30.0 Å². The molecule has 0 saturated heterocycles. The van der Waals surface area contributed by atoms with Gasteiger partial charge in [-0.3, -0.25) is 9.48 Å². The number of nitrogens with one attached hydrogen (secondary N) is 1. The van der Waals surface area contributed by atoms with Crippen molar-refractivity contribution in [3.8, 4) is 5.75 Å². The summed E-state index contributed by atoms with van der Waals surface area (Å²) < 4.78 is 7.42. The highest BCUT2D eigenvalue weighted by molar-refractivity contribution is 5.92. The number of aromatic nitrogens is 2. The smallest absolute Gasteiger partial charge is 0.228 e. The van der Waals surface area contributed by atoms with Crippen LogP contribution in [0.25, 0.3) is 0 Å². The minimum absolute atomic E-state index is 0.0501. The summed E-state index contributed by atoms with van der Waals surface area (Å²) in [5.74, 6) is 1.20. The number of rotatable bonds is 8. The zero-order valence-electron chi connectivity index (χ0n) is 15.5. The van der Waals surface area contributed by atoms with E-state index < -0.39 is 0 Å². The largest absolute Gasteiger partial charge is 0.492 e. The number of anilines is 1. The van der Waals surface area contributed by atoms with Crippen LogP contribution in [-0.2, 0) is 17.8 Å². The van der Waals surface area contributed by atoms with Gasteiger partial charge in [0.25, 0.3) is 0 Å². The van der Waals surface area contributed by atoms with Crippen LogP contribution >= 0.6 is 0 Å². The van der Waals surface area contributed by atoms with E-state index in [0.29, 0.717) is 25.5 Å². The maximum atomic E-state index is 12.4. The Bertz CT molecular complexity index is 705. The summed E-state index contributed by atoms with van der Waals surface area (Å²) in [5.41, 5.74) is 9.13. The number of nitrogens with zero attached hydrogens (tertiary/aromatic N) is 2. The van der Waals surface area contributed by atoms with Crippen molar-refractivity contribution in [2.45, 2.75) is 40.7 Å². The molecule has 1 amide bonds. The fraction of sp³-hybridized carbons (Fsp3) is 0.474. The van der Waals surface area contributed by atoms with Gasteiger partial charge in [-0.05, 0) is 44.0 Å². The van der Waals surface area contributed by atoms with Crippen molar-refractivity contribution in [2.24, 2.45) is 11.7 Å². The Kier molecular flexibility index (Phi) is 6.58. The first-order chi connectivity index (χ1) is 11.9. The van der Waals surface area contributed by atoms with Gasteiger partial charge < -0.3 is 15.8 Å². The Hall–Kier alpha value is -2.34. The van der Waals surface area contributed by atoms with E-state index in [-0.39, 0.29) is 5.91 Å². The number of carbonyl (C=O) groups is 1. The zero-order valence-corrected chi connectivity index (χ0v) is 15.5. The summed E-state index contributed by atoms with van der Waals surface area (Å²) in [7, 11) is 0. The predicted octanol–water partition coefficient (Wildman–Crippen LogP) is 2.67. The van der Waals surface area contributed by atoms with Crippen molar-refractivity contribution in [3.63, 3.8) is 0 Å². The molecule has 0 aliphatic carbocycles. The lowest BCUT2D eigenvalue weighted by atomic mass is 10.1. The highest BCUT2D eigenvalue weighted by atomic mass is 16.5. The standard InChI is InChI=1S/C19H28N4O2/c1-13(2)12-23-15(4)18(14(3)22-23)11-19(24)21-16-5-7-17(8-6-16)25-10-9-20/h5-8,13H,9-12,20H2,1-4H3,(H,21,24). The lowest BCUT2D eigenvalue weighted by Gasteiger charge is -2.09. The number of benzene rings is 1. The van der Waals surface area contributed by atoms with Gasteiger partial charge in [0.1, 0.15) is 12.4 Å². The van der Waals surface area contributed by atoms with Crippen molar-refractivity contribution in [1.29, 1.82) is 0 Å². The highest BCUT2D eigenvalue weighted by Gasteiger charge is 2.15. The molecular formula is C19H28N4O2. The van der Waals surface area contributed by atoms with Crippen LogP contribution in [0.2, 0.25) is 0 Å². The van der Waals surface area contributed by atoms with E-state index in [0.717, 1.165) is 34.9 Å². The molecule has 0 bridgehead atoms. The maximum Gasteiger partial charge on any atom is 0.228 e. The van der Waals surface area contributed by atoms with Crippen molar-refractivity contribution >= 4 is 11.6 Å². The van der Waals surface area contributed by atoms with Crippen molar-refractivity contribution in [1.82, 2.24) is 9.78 Å². The molecule has 136 valence electrons. The first-order valence-electron chi connectivity index (χ1n) is 8.66. The van der Waals surface area contributed by atoms with E-state index in [1.807, 2.05) is 42.8 Å². The first-order valence-corrected chi connectivity index (χ1v) is 8.66. The average Bonchev–Trinajstić information content (AvgIpc) is 2.81. The normalized spacial score (nSPS) is 11.0.